The van der Waals surface area contributed by atoms with E-state index in [0.29, 0.717) is 26.4 Å². The summed E-state index contributed by atoms with van der Waals surface area (Å²) in [5.74, 6) is 0.187. The molecule has 2 atom stereocenters. The number of nitrogens with zero attached hydrogens (tertiary/aromatic N) is 2. The second-order valence-electron chi connectivity index (χ2n) is 7.83. The van der Waals surface area contributed by atoms with Crippen molar-refractivity contribution in [1.29, 1.82) is 0 Å². The van der Waals surface area contributed by atoms with Crippen LogP contribution in [0.25, 0.3) is 0 Å². The third kappa shape index (κ3) is 4.75. The number of rotatable bonds is 6. The largest absolute Gasteiger partial charge is 0.379 e. The second-order valence-corrected chi connectivity index (χ2v) is 7.83. The van der Waals surface area contributed by atoms with E-state index in [4.69, 9.17) is 9.47 Å². The Morgan fingerprint density at radius 1 is 0.793 bits per heavy atom. The van der Waals surface area contributed by atoms with Crippen molar-refractivity contribution in [2.75, 3.05) is 52.6 Å². The van der Waals surface area contributed by atoms with Crippen LogP contribution in [0.3, 0.4) is 0 Å². The average Bonchev–Trinajstić information content (AvgIpc) is 2.79. The summed E-state index contributed by atoms with van der Waals surface area (Å²) in [4.78, 5) is 18.6. The van der Waals surface area contributed by atoms with Gasteiger partial charge in [-0.05, 0) is 12.5 Å². The van der Waals surface area contributed by atoms with Crippen LogP contribution in [0.15, 0.2) is 54.6 Å². The van der Waals surface area contributed by atoms with E-state index in [1.807, 2.05) is 37.3 Å². The SMILES string of the molecule is Cc1ccc(C(=O)[C@@H]([C@H](c2ccccc2)N2CCOCC2)N2CCOCC2)cc1. The molecule has 2 aliphatic heterocycles. The lowest BCUT2D eigenvalue weighted by Crippen LogP contribution is -2.55. The summed E-state index contributed by atoms with van der Waals surface area (Å²) in [6.45, 7) is 8.02. The molecule has 0 bridgehead atoms. The summed E-state index contributed by atoms with van der Waals surface area (Å²) in [7, 11) is 0. The number of hydrogen-bond donors (Lipinski definition) is 0. The molecule has 0 aromatic heterocycles. The number of benzene rings is 2. The maximum atomic E-state index is 13.9. The van der Waals surface area contributed by atoms with Gasteiger partial charge in [0.05, 0.1) is 38.5 Å². The minimum Gasteiger partial charge on any atom is -0.379 e. The van der Waals surface area contributed by atoms with Gasteiger partial charge in [0.2, 0.25) is 0 Å². The van der Waals surface area contributed by atoms with E-state index in [0.717, 1.165) is 37.3 Å². The van der Waals surface area contributed by atoms with Crippen molar-refractivity contribution in [2.45, 2.75) is 19.0 Å². The van der Waals surface area contributed by atoms with Gasteiger partial charge < -0.3 is 9.47 Å². The van der Waals surface area contributed by atoms with Crippen LogP contribution < -0.4 is 0 Å². The minimum atomic E-state index is -0.248. The second kappa shape index (κ2) is 9.63. The van der Waals surface area contributed by atoms with E-state index < -0.39 is 0 Å². The molecule has 0 N–H and O–H groups in total. The smallest absolute Gasteiger partial charge is 0.181 e. The van der Waals surface area contributed by atoms with Gasteiger partial charge >= 0.3 is 0 Å². The number of carbonyl (C=O) groups excluding carboxylic acids is 1. The highest BCUT2D eigenvalue weighted by Gasteiger charge is 2.39. The molecule has 2 aromatic carbocycles. The molecule has 0 amide bonds. The molecule has 2 aliphatic rings. The first-order chi connectivity index (χ1) is 14.2. The number of hydrogen-bond acceptors (Lipinski definition) is 5. The van der Waals surface area contributed by atoms with E-state index >= 15 is 0 Å². The lowest BCUT2D eigenvalue weighted by molar-refractivity contribution is -0.0301. The van der Waals surface area contributed by atoms with Crippen molar-refractivity contribution in [3.63, 3.8) is 0 Å². The Morgan fingerprint density at radius 3 is 1.93 bits per heavy atom. The highest BCUT2D eigenvalue weighted by molar-refractivity contribution is 6.00. The molecule has 29 heavy (non-hydrogen) atoms. The fraction of sp³-hybridized carbons (Fsp3) is 0.458. The normalized spacial score (nSPS) is 20.9. The quantitative estimate of drug-likeness (QED) is 0.705. The zero-order chi connectivity index (χ0) is 20.1. The van der Waals surface area contributed by atoms with Crippen LogP contribution in [0.5, 0.6) is 0 Å². The molecule has 0 radical (unpaired) electrons. The third-order valence-corrected chi connectivity index (χ3v) is 5.92. The maximum absolute atomic E-state index is 13.9. The molecule has 2 fully saturated rings. The maximum Gasteiger partial charge on any atom is 0.181 e. The Bertz CT molecular complexity index is 782. The van der Waals surface area contributed by atoms with Crippen molar-refractivity contribution in [3.8, 4) is 0 Å². The number of ether oxygens (including phenoxy) is 2. The standard InChI is InChI=1S/C24H30N2O3/c1-19-7-9-21(10-8-19)24(27)23(26-13-17-29-18-14-26)22(20-5-3-2-4-6-20)25-11-15-28-16-12-25/h2-10,22-23H,11-18H2,1H3/t22-,23+/m0/s1. The fourth-order valence-corrected chi connectivity index (χ4v) is 4.35. The molecule has 2 aromatic rings. The Kier molecular flexibility index (Phi) is 6.72. The van der Waals surface area contributed by atoms with Crippen LogP contribution in [-0.2, 0) is 9.47 Å². The topological polar surface area (TPSA) is 42.0 Å². The predicted molar refractivity (Wildman–Crippen MR) is 113 cm³/mol. The lowest BCUT2D eigenvalue weighted by Gasteiger charge is -2.44. The predicted octanol–water partition coefficient (Wildman–Crippen LogP) is 2.95. The Balaban J connectivity index is 1.74. The fourth-order valence-electron chi connectivity index (χ4n) is 4.35. The van der Waals surface area contributed by atoms with E-state index in [9.17, 15) is 4.79 Å². The molecule has 4 rings (SSSR count). The molecule has 154 valence electrons. The number of ketones is 1. The minimum absolute atomic E-state index is 0.00740. The molecule has 2 heterocycles. The zero-order valence-corrected chi connectivity index (χ0v) is 17.1. The molecular weight excluding hydrogens is 364 g/mol. The number of aryl methyl sites for hydroxylation is 1. The van der Waals surface area contributed by atoms with Crippen LogP contribution in [-0.4, -0.2) is 74.2 Å². The first kappa shape index (κ1) is 20.2. The molecule has 0 aliphatic carbocycles. The van der Waals surface area contributed by atoms with Gasteiger partial charge in [0.15, 0.2) is 5.78 Å². The molecule has 2 saturated heterocycles. The summed E-state index contributed by atoms with van der Waals surface area (Å²) in [6, 6.07) is 18.2. The van der Waals surface area contributed by atoms with Crippen molar-refractivity contribution in [2.24, 2.45) is 0 Å². The molecule has 5 nitrogen and oxygen atoms in total. The van der Waals surface area contributed by atoms with Crippen LogP contribution in [0.2, 0.25) is 0 Å². The molecule has 5 heteroatoms. The summed E-state index contributed by atoms with van der Waals surface area (Å²) < 4.78 is 11.2. The van der Waals surface area contributed by atoms with Crippen molar-refractivity contribution in [3.05, 3.63) is 71.3 Å². The van der Waals surface area contributed by atoms with E-state index in [1.54, 1.807) is 0 Å². The van der Waals surface area contributed by atoms with Gasteiger partial charge in [-0.25, -0.2) is 0 Å². The van der Waals surface area contributed by atoms with E-state index in [2.05, 4.69) is 34.1 Å². The highest BCUT2D eigenvalue weighted by atomic mass is 16.5. The number of Topliss-reactive ketones (excluding diaryl/α,β-unsaturated/α-hetero) is 1. The third-order valence-electron chi connectivity index (χ3n) is 5.92. The van der Waals surface area contributed by atoms with Crippen LogP contribution in [0.1, 0.15) is 27.5 Å². The van der Waals surface area contributed by atoms with Crippen molar-refractivity contribution >= 4 is 5.78 Å². The monoisotopic (exact) mass is 394 g/mol. The zero-order valence-electron chi connectivity index (χ0n) is 17.1. The van der Waals surface area contributed by atoms with Crippen LogP contribution >= 0.6 is 0 Å². The van der Waals surface area contributed by atoms with Gasteiger partial charge in [0.25, 0.3) is 0 Å². The van der Waals surface area contributed by atoms with Crippen LogP contribution in [0, 0.1) is 6.92 Å². The molecule has 0 saturated carbocycles. The summed E-state index contributed by atoms with van der Waals surface area (Å²) in [6.07, 6.45) is 0. The van der Waals surface area contributed by atoms with Crippen LogP contribution in [0.4, 0.5) is 0 Å². The number of carbonyl (C=O) groups is 1. The van der Waals surface area contributed by atoms with Gasteiger partial charge in [0.1, 0.15) is 0 Å². The molecule has 0 unspecified atom stereocenters. The summed E-state index contributed by atoms with van der Waals surface area (Å²) >= 11 is 0. The molecular formula is C24H30N2O3. The Hall–Kier alpha value is -2.05. The van der Waals surface area contributed by atoms with Crippen molar-refractivity contribution < 1.29 is 14.3 Å². The van der Waals surface area contributed by atoms with Gasteiger partial charge in [-0.1, -0.05) is 60.2 Å². The average molecular weight is 395 g/mol. The van der Waals surface area contributed by atoms with E-state index in [1.165, 1.54) is 5.56 Å². The Morgan fingerprint density at radius 2 is 1.34 bits per heavy atom. The first-order valence-electron chi connectivity index (χ1n) is 10.5. The van der Waals surface area contributed by atoms with Gasteiger partial charge in [-0.3, -0.25) is 14.6 Å². The van der Waals surface area contributed by atoms with Gasteiger partial charge in [0, 0.05) is 31.7 Å². The van der Waals surface area contributed by atoms with Crippen molar-refractivity contribution in [1.82, 2.24) is 9.80 Å². The summed E-state index contributed by atoms with van der Waals surface area (Å²) in [5, 5.41) is 0. The van der Waals surface area contributed by atoms with Gasteiger partial charge in [-0.15, -0.1) is 0 Å². The lowest BCUT2D eigenvalue weighted by atomic mass is 9.89. The highest BCUT2D eigenvalue weighted by Crippen LogP contribution is 2.31. The first-order valence-corrected chi connectivity index (χ1v) is 10.5. The van der Waals surface area contributed by atoms with E-state index in [-0.39, 0.29) is 17.9 Å². The Labute approximate surface area is 173 Å². The van der Waals surface area contributed by atoms with Gasteiger partial charge in [-0.2, -0.15) is 0 Å². The number of morpholine rings is 2. The summed E-state index contributed by atoms with van der Waals surface area (Å²) in [5.41, 5.74) is 3.13. The molecule has 0 spiro atoms.